The van der Waals surface area contributed by atoms with Crippen LogP contribution in [-0.4, -0.2) is 43.8 Å². The van der Waals surface area contributed by atoms with Gasteiger partial charge in [-0.05, 0) is 24.3 Å². The van der Waals surface area contributed by atoms with Crippen LogP contribution in [0.1, 0.15) is 10.6 Å². The molecule has 1 aromatic heterocycles. The fourth-order valence-corrected chi connectivity index (χ4v) is 5.43. The Balaban J connectivity index is 0.000000454. The van der Waals surface area contributed by atoms with Crippen LogP contribution in [-0.2, 0) is 26.6 Å². The predicted molar refractivity (Wildman–Crippen MR) is 117 cm³/mol. The number of hydrogen-bond acceptors (Lipinski definition) is 7. The van der Waals surface area contributed by atoms with E-state index in [0.717, 1.165) is 6.07 Å². The van der Waals surface area contributed by atoms with Crippen LogP contribution in [0.3, 0.4) is 0 Å². The fraction of sp³-hybridized carbons (Fsp3) is 0.238. The van der Waals surface area contributed by atoms with E-state index in [1.165, 1.54) is 58.8 Å². The van der Waals surface area contributed by atoms with Gasteiger partial charge in [0.1, 0.15) is 23.1 Å². The number of hydrogen-bond donors (Lipinski definition) is 1. The van der Waals surface area contributed by atoms with Crippen molar-refractivity contribution < 1.29 is 49.4 Å². The number of fused-ring (bicyclic) bond motifs is 1. The Morgan fingerprint density at radius 2 is 1.75 bits per heavy atom. The van der Waals surface area contributed by atoms with Gasteiger partial charge < -0.3 is 14.7 Å². The standard InChI is InChI=1S/C19H15F3N2O3S2.C2HF3O2/c20-19(21,22)14-3-1-2-4-15(14)24-8-9-27-17-11-13(5-6-16(17)24)29(25,26)12-18-23-7-10-28-18;3-2(4,5)1(6)7/h1-7,10-11H,8-9,12H2;(H,6,7). The van der Waals surface area contributed by atoms with E-state index in [0.29, 0.717) is 10.7 Å². The summed E-state index contributed by atoms with van der Waals surface area (Å²) in [6.45, 7) is 0.348. The molecule has 4 rings (SSSR count). The average Bonchev–Trinajstić information content (AvgIpc) is 3.30. The van der Waals surface area contributed by atoms with Crippen LogP contribution in [0.2, 0.25) is 0 Å². The topological polar surface area (TPSA) is 96.8 Å². The summed E-state index contributed by atoms with van der Waals surface area (Å²) in [4.78, 5) is 14.4. The summed E-state index contributed by atoms with van der Waals surface area (Å²) in [6.07, 6.45) is -8.06. The number of aromatic nitrogens is 1. The number of rotatable bonds is 4. The first-order chi connectivity index (χ1) is 16.7. The van der Waals surface area contributed by atoms with Gasteiger partial charge in [-0.15, -0.1) is 11.3 Å². The number of para-hydroxylation sites is 1. The predicted octanol–water partition coefficient (Wildman–Crippen LogP) is 5.30. The number of sulfone groups is 1. The molecule has 2 aromatic carbocycles. The summed E-state index contributed by atoms with van der Waals surface area (Å²) in [7, 11) is -3.66. The van der Waals surface area contributed by atoms with Gasteiger partial charge in [-0.3, -0.25) is 0 Å². The number of thiazole rings is 1. The van der Waals surface area contributed by atoms with Crippen molar-refractivity contribution >= 4 is 38.5 Å². The second kappa shape index (κ2) is 10.3. The molecule has 194 valence electrons. The number of ether oxygens (including phenoxy) is 1. The number of benzene rings is 2. The van der Waals surface area contributed by atoms with Gasteiger partial charge in [0.2, 0.25) is 0 Å². The number of alkyl halides is 6. The monoisotopic (exact) mass is 554 g/mol. The van der Waals surface area contributed by atoms with Crippen LogP contribution >= 0.6 is 11.3 Å². The van der Waals surface area contributed by atoms with E-state index >= 15 is 0 Å². The summed E-state index contributed by atoms with van der Waals surface area (Å²) in [6, 6.07) is 9.52. The van der Waals surface area contributed by atoms with Crippen molar-refractivity contribution in [2.75, 3.05) is 18.1 Å². The van der Waals surface area contributed by atoms with Crippen molar-refractivity contribution in [1.29, 1.82) is 0 Å². The molecule has 0 radical (unpaired) electrons. The molecule has 0 saturated heterocycles. The van der Waals surface area contributed by atoms with E-state index in [1.807, 2.05) is 0 Å². The zero-order chi connectivity index (χ0) is 26.7. The maximum absolute atomic E-state index is 13.4. The zero-order valence-electron chi connectivity index (χ0n) is 17.9. The van der Waals surface area contributed by atoms with Crippen LogP contribution in [0.15, 0.2) is 58.9 Å². The Bertz CT molecular complexity index is 1330. The van der Waals surface area contributed by atoms with Crippen LogP contribution < -0.4 is 9.64 Å². The molecule has 1 aliphatic rings. The van der Waals surface area contributed by atoms with Crippen molar-refractivity contribution in [2.24, 2.45) is 0 Å². The number of carbonyl (C=O) groups is 1. The van der Waals surface area contributed by atoms with Crippen molar-refractivity contribution in [3.63, 3.8) is 0 Å². The van der Waals surface area contributed by atoms with Crippen LogP contribution in [0.4, 0.5) is 37.7 Å². The molecule has 0 unspecified atom stereocenters. The maximum atomic E-state index is 13.4. The molecular weight excluding hydrogens is 538 g/mol. The molecule has 0 fully saturated rings. The van der Waals surface area contributed by atoms with E-state index in [1.54, 1.807) is 5.38 Å². The quantitative estimate of drug-likeness (QED) is 0.438. The van der Waals surface area contributed by atoms with Gasteiger partial charge >= 0.3 is 18.3 Å². The Morgan fingerprint density at radius 1 is 1.08 bits per heavy atom. The van der Waals surface area contributed by atoms with Gasteiger partial charge in [0.15, 0.2) is 9.84 Å². The molecule has 36 heavy (non-hydrogen) atoms. The third-order valence-electron chi connectivity index (χ3n) is 4.69. The number of carboxylic acids is 1. The number of carboxylic acid groups (broad SMARTS) is 1. The smallest absolute Gasteiger partial charge is 0.489 e. The van der Waals surface area contributed by atoms with Crippen LogP contribution in [0.25, 0.3) is 0 Å². The third-order valence-corrected chi connectivity index (χ3v) is 7.28. The molecule has 3 aromatic rings. The molecule has 0 atom stereocenters. The molecule has 7 nitrogen and oxygen atoms in total. The molecule has 15 heteroatoms. The minimum Gasteiger partial charge on any atom is -0.489 e. The lowest BCUT2D eigenvalue weighted by Crippen LogP contribution is -2.30. The largest absolute Gasteiger partial charge is 0.490 e. The van der Waals surface area contributed by atoms with E-state index in [4.69, 9.17) is 14.6 Å². The van der Waals surface area contributed by atoms with Crippen molar-refractivity contribution in [2.45, 2.75) is 23.0 Å². The lowest BCUT2D eigenvalue weighted by molar-refractivity contribution is -0.192. The number of anilines is 2. The minimum absolute atomic E-state index is 0.00272. The van der Waals surface area contributed by atoms with Gasteiger partial charge in [-0.2, -0.15) is 26.3 Å². The zero-order valence-corrected chi connectivity index (χ0v) is 19.5. The molecule has 1 N–H and O–H groups in total. The second-order valence-corrected chi connectivity index (χ2v) is 10.1. The first-order valence-corrected chi connectivity index (χ1v) is 12.3. The normalized spacial score (nSPS) is 13.8. The van der Waals surface area contributed by atoms with Gasteiger partial charge in [0.25, 0.3) is 0 Å². The van der Waals surface area contributed by atoms with Crippen molar-refractivity contribution in [1.82, 2.24) is 4.98 Å². The first kappa shape index (κ1) is 27.3. The molecule has 0 amide bonds. The van der Waals surface area contributed by atoms with E-state index in [2.05, 4.69) is 4.98 Å². The summed E-state index contributed by atoms with van der Waals surface area (Å²) in [5.41, 5.74) is -0.364. The van der Waals surface area contributed by atoms with E-state index in [9.17, 15) is 34.8 Å². The Hall–Kier alpha value is -3.33. The van der Waals surface area contributed by atoms with Crippen molar-refractivity contribution in [3.05, 3.63) is 64.6 Å². The summed E-state index contributed by atoms with van der Waals surface area (Å²) in [5, 5.41) is 9.28. The van der Waals surface area contributed by atoms with Gasteiger partial charge in [0.05, 0.1) is 28.4 Å². The molecule has 1 aliphatic heterocycles. The van der Waals surface area contributed by atoms with Gasteiger partial charge in [-0.1, -0.05) is 12.1 Å². The first-order valence-electron chi connectivity index (χ1n) is 9.82. The molecule has 0 bridgehead atoms. The minimum atomic E-state index is -5.08. The highest BCUT2D eigenvalue weighted by molar-refractivity contribution is 7.90. The molecule has 0 aliphatic carbocycles. The number of aliphatic carboxylic acids is 1. The number of nitrogens with zero attached hydrogens (tertiary/aromatic N) is 2. The Kier molecular flexibility index (Phi) is 7.83. The SMILES string of the molecule is O=C(O)C(F)(F)F.O=S(=O)(Cc1nccs1)c1ccc2c(c1)OCCN2c1ccccc1C(F)(F)F. The van der Waals surface area contributed by atoms with Gasteiger partial charge in [-0.25, -0.2) is 18.2 Å². The highest BCUT2D eigenvalue weighted by Crippen LogP contribution is 2.43. The van der Waals surface area contributed by atoms with Crippen LogP contribution in [0, 0.1) is 0 Å². The highest BCUT2D eigenvalue weighted by atomic mass is 32.2. The van der Waals surface area contributed by atoms with E-state index in [-0.39, 0.29) is 35.2 Å². The summed E-state index contributed by atoms with van der Waals surface area (Å²) in [5.74, 6) is -2.77. The maximum Gasteiger partial charge on any atom is 0.490 e. The lowest BCUT2D eigenvalue weighted by atomic mass is 10.1. The highest BCUT2D eigenvalue weighted by Gasteiger charge is 2.38. The Morgan fingerprint density at radius 3 is 2.33 bits per heavy atom. The lowest BCUT2D eigenvalue weighted by Gasteiger charge is -2.33. The van der Waals surface area contributed by atoms with Crippen molar-refractivity contribution in [3.8, 4) is 5.75 Å². The molecular formula is C21H16F6N2O5S2. The average molecular weight is 554 g/mol. The molecule has 0 spiro atoms. The summed E-state index contributed by atoms with van der Waals surface area (Å²) >= 11 is 1.24. The Labute approximate surface area is 204 Å². The number of halogens is 6. The van der Waals surface area contributed by atoms with E-state index < -0.39 is 33.7 Å². The molecule has 2 heterocycles. The fourth-order valence-electron chi connectivity index (χ4n) is 3.16. The third kappa shape index (κ3) is 6.46. The molecule has 0 saturated carbocycles. The second-order valence-electron chi connectivity index (χ2n) is 7.13. The summed E-state index contributed by atoms with van der Waals surface area (Å²) < 4.78 is 103. The van der Waals surface area contributed by atoms with Crippen LogP contribution in [0.5, 0.6) is 5.75 Å². The van der Waals surface area contributed by atoms with Gasteiger partial charge in [0, 0.05) is 17.6 Å².